The number of aryl methyl sites for hydroxylation is 1. The van der Waals surface area contributed by atoms with Crippen LogP contribution in [-0.2, 0) is 11.2 Å². The molecule has 1 heterocycles. The minimum atomic E-state index is -0.511. The van der Waals surface area contributed by atoms with Crippen LogP contribution in [0, 0.1) is 0 Å². The molecule has 0 atom stereocenters. The number of nitrogens with zero attached hydrogens (tertiary/aromatic N) is 1. The zero-order valence-electron chi connectivity index (χ0n) is 11.6. The number of ether oxygens (including phenoxy) is 1. The summed E-state index contributed by atoms with van der Waals surface area (Å²) in [5.74, 6) is 0.500. The van der Waals surface area contributed by atoms with Crippen LogP contribution in [0.15, 0.2) is 12.1 Å². The van der Waals surface area contributed by atoms with Gasteiger partial charge in [0.1, 0.15) is 11.4 Å². The van der Waals surface area contributed by atoms with Gasteiger partial charge >= 0.3 is 6.09 Å². The first-order valence-corrected chi connectivity index (χ1v) is 6.03. The van der Waals surface area contributed by atoms with Crippen molar-refractivity contribution in [3.8, 4) is 0 Å². The molecule has 1 rings (SSSR count). The molecule has 0 saturated carbocycles. The molecule has 0 aliphatic carbocycles. The third kappa shape index (κ3) is 4.24. The van der Waals surface area contributed by atoms with Gasteiger partial charge in [-0.2, -0.15) is 0 Å². The molecule has 1 aromatic rings. The van der Waals surface area contributed by atoms with Crippen LogP contribution in [0.25, 0.3) is 0 Å². The summed E-state index contributed by atoms with van der Waals surface area (Å²) in [4.78, 5) is 16.0. The van der Waals surface area contributed by atoms with Crippen LogP contribution in [0.1, 0.15) is 33.4 Å². The standard InChI is InChI=1S/C13H21N3O2/c1-6-9-10(14-5)7-8-11(15-9)16-12(17)18-13(2,3)4/h7-8,14H,6H2,1-5H3,(H,15,16,17). The number of carbonyl (C=O) groups is 1. The molecule has 18 heavy (non-hydrogen) atoms. The molecule has 0 saturated heterocycles. The second-order valence-corrected chi connectivity index (χ2v) is 4.92. The molecule has 0 aliphatic rings. The van der Waals surface area contributed by atoms with Crippen molar-refractivity contribution in [1.29, 1.82) is 0 Å². The van der Waals surface area contributed by atoms with E-state index in [-0.39, 0.29) is 0 Å². The molecule has 0 aliphatic heterocycles. The fourth-order valence-electron chi connectivity index (χ4n) is 1.48. The van der Waals surface area contributed by atoms with Crippen LogP contribution < -0.4 is 10.6 Å². The summed E-state index contributed by atoms with van der Waals surface area (Å²) < 4.78 is 5.17. The second kappa shape index (κ2) is 5.71. The van der Waals surface area contributed by atoms with Crippen LogP contribution in [0.5, 0.6) is 0 Å². The summed E-state index contributed by atoms with van der Waals surface area (Å²) in [7, 11) is 1.84. The van der Waals surface area contributed by atoms with Gasteiger partial charge in [0, 0.05) is 7.05 Å². The molecule has 0 fully saturated rings. The molecular formula is C13H21N3O2. The average Bonchev–Trinajstić information content (AvgIpc) is 2.26. The summed E-state index contributed by atoms with van der Waals surface area (Å²) in [6.07, 6.45) is 0.300. The van der Waals surface area contributed by atoms with Gasteiger partial charge in [0.25, 0.3) is 0 Å². The van der Waals surface area contributed by atoms with E-state index >= 15 is 0 Å². The van der Waals surface area contributed by atoms with Crippen LogP contribution in [0.2, 0.25) is 0 Å². The van der Waals surface area contributed by atoms with Crippen LogP contribution >= 0.6 is 0 Å². The predicted octanol–water partition coefficient (Wildman–Crippen LogP) is 3.03. The maximum absolute atomic E-state index is 11.6. The Balaban J connectivity index is 2.76. The normalized spacial score (nSPS) is 10.9. The molecule has 5 nitrogen and oxygen atoms in total. The van der Waals surface area contributed by atoms with Crippen LogP contribution in [-0.4, -0.2) is 23.7 Å². The van der Waals surface area contributed by atoms with Crippen molar-refractivity contribution in [2.75, 3.05) is 17.7 Å². The van der Waals surface area contributed by atoms with Crippen molar-refractivity contribution in [3.05, 3.63) is 17.8 Å². The van der Waals surface area contributed by atoms with Crippen molar-refractivity contribution in [2.45, 2.75) is 39.7 Å². The number of nitrogens with one attached hydrogen (secondary N) is 2. The molecule has 5 heteroatoms. The quantitative estimate of drug-likeness (QED) is 0.866. The average molecular weight is 251 g/mol. The van der Waals surface area contributed by atoms with Crippen molar-refractivity contribution in [2.24, 2.45) is 0 Å². The molecule has 0 spiro atoms. The number of hydrogen-bond acceptors (Lipinski definition) is 4. The molecule has 0 unspecified atom stereocenters. The number of aromatic nitrogens is 1. The number of pyridine rings is 1. The number of amides is 1. The Labute approximate surface area is 108 Å². The minimum absolute atomic E-state index is 0.491. The van der Waals surface area contributed by atoms with Gasteiger partial charge in [0.2, 0.25) is 0 Å². The minimum Gasteiger partial charge on any atom is -0.444 e. The van der Waals surface area contributed by atoms with Crippen molar-refractivity contribution < 1.29 is 9.53 Å². The van der Waals surface area contributed by atoms with E-state index in [0.29, 0.717) is 5.82 Å². The Morgan fingerprint density at radius 1 is 1.39 bits per heavy atom. The predicted molar refractivity (Wildman–Crippen MR) is 73.0 cm³/mol. The van der Waals surface area contributed by atoms with Crippen LogP contribution in [0.4, 0.5) is 16.3 Å². The van der Waals surface area contributed by atoms with E-state index in [1.54, 1.807) is 6.07 Å². The topological polar surface area (TPSA) is 63.2 Å². The third-order valence-electron chi connectivity index (χ3n) is 2.21. The molecule has 0 aromatic carbocycles. The largest absolute Gasteiger partial charge is 0.444 e. The summed E-state index contributed by atoms with van der Waals surface area (Å²) in [6.45, 7) is 7.48. The van der Waals surface area contributed by atoms with Gasteiger partial charge in [-0.05, 0) is 39.3 Å². The van der Waals surface area contributed by atoms with Crippen molar-refractivity contribution >= 4 is 17.6 Å². The Kier molecular flexibility index (Phi) is 4.53. The summed E-state index contributed by atoms with van der Waals surface area (Å²) in [5, 5.41) is 5.68. The Morgan fingerprint density at radius 2 is 2.06 bits per heavy atom. The van der Waals surface area contributed by atoms with Crippen molar-refractivity contribution in [1.82, 2.24) is 4.98 Å². The molecule has 1 aromatic heterocycles. The summed E-state index contributed by atoms with van der Waals surface area (Å²) in [5.41, 5.74) is 1.36. The number of rotatable bonds is 3. The monoisotopic (exact) mass is 251 g/mol. The SMILES string of the molecule is CCc1nc(NC(=O)OC(C)(C)C)ccc1NC. The number of anilines is 2. The summed E-state index contributed by atoms with van der Waals surface area (Å²) in [6, 6.07) is 3.63. The maximum atomic E-state index is 11.6. The van der Waals surface area contributed by atoms with Gasteiger partial charge in [0.15, 0.2) is 0 Å². The van der Waals surface area contributed by atoms with E-state index in [1.807, 2.05) is 40.8 Å². The Morgan fingerprint density at radius 3 is 2.56 bits per heavy atom. The molecule has 1 amide bonds. The third-order valence-corrected chi connectivity index (χ3v) is 2.21. The van der Waals surface area contributed by atoms with E-state index < -0.39 is 11.7 Å². The van der Waals surface area contributed by atoms with E-state index in [4.69, 9.17) is 4.74 Å². The molecule has 2 N–H and O–H groups in total. The first-order chi connectivity index (χ1) is 8.35. The molecule has 100 valence electrons. The molecule has 0 radical (unpaired) electrons. The highest BCUT2D eigenvalue weighted by molar-refractivity contribution is 5.83. The second-order valence-electron chi connectivity index (χ2n) is 4.92. The smallest absolute Gasteiger partial charge is 0.413 e. The maximum Gasteiger partial charge on any atom is 0.413 e. The van der Waals surface area contributed by atoms with E-state index in [2.05, 4.69) is 15.6 Å². The fourth-order valence-corrected chi connectivity index (χ4v) is 1.48. The molecule has 0 bridgehead atoms. The van der Waals surface area contributed by atoms with Crippen LogP contribution in [0.3, 0.4) is 0 Å². The number of hydrogen-bond donors (Lipinski definition) is 2. The highest BCUT2D eigenvalue weighted by Crippen LogP contribution is 2.17. The van der Waals surface area contributed by atoms with Gasteiger partial charge in [-0.25, -0.2) is 9.78 Å². The fraction of sp³-hybridized carbons (Fsp3) is 0.538. The van der Waals surface area contributed by atoms with Gasteiger partial charge in [-0.3, -0.25) is 5.32 Å². The first-order valence-electron chi connectivity index (χ1n) is 6.03. The lowest BCUT2D eigenvalue weighted by molar-refractivity contribution is 0.0635. The highest BCUT2D eigenvalue weighted by Gasteiger charge is 2.16. The Bertz CT molecular complexity index is 425. The van der Waals surface area contributed by atoms with E-state index in [9.17, 15) is 4.79 Å². The lowest BCUT2D eigenvalue weighted by Gasteiger charge is -2.19. The van der Waals surface area contributed by atoms with Crippen molar-refractivity contribution in [3.63, 3.8) is 0 Å². The first kappa shape index (κ1) is 14.3. The zero-order chi connectivity index (χ0) is 13.8. The van der Waals surface area contributed by atoms with E-state index in [1.165, 1.54) is 0 Å². The van der Waals surface area contributed by atoms with Gasteiger partial charge in [-0.1, -0.05) is 6.92 Å². The highest BCUT2D eigenvalue weighted by atomic mass is 16.6. The lowest BCUT2D eigenvalue weighted by Crippen LogP contribution is -2.27. The van der Waals surface area contributed by atoms with Gasteiger partial charge in [-0.15, -0.1) is 0 Å². The summed E-state index contributed by atoms with van der Waals surface area (Å²) >= 11 is 0. The van der Waals surface area contributed by atoms with Gasteiger partial charge < -0.3 is 10.1 Å². The Hall–Kier alpha value is -1.78. The lowest BCUT2D eigenvalue weighted by atomic mass is 10.2. The number of carbonyl (C=O) groups excluding carboxylic acids is 1. The van der Waals surface area contributed by atoms with E-state index in [0.717, 1.165) is 17.8 Å². The van der Waals surface area contributed by atoms with Gasteiger partial charge in [0.05, 0.1) is 11.4 Å². The zero-order valence-corrected chi connectivity index (χ0v) is 11.6. The molecular weight excluding hydrogens is 230 g/mol.